The Hall–Kier alpha value is -1.68. The van der Waals surface area contributed by atoms with E-state index in [4.69, 9.17) is 0 Å². The Morgan fingerprint density at radius 3 is 2.83 bits per heavy atom. The van der Waals surface area contributed by atoms with Crippen LogP contribution in [0.5, 0.6) is 0 Å². The molecular weight excluding hydrogens is 228 g/mol. The molecule has 0 radical (unpaired) electrons. The van der Waals surface area contributed by atoms with Crippen LogP contribution in [-0.4, -0.2) is 17.9 Å². The van der Waals surface area contributed by atoms with Crippen LogP contribution in [0.2, 0.25) is 0 Å². The summed E-state index contributed by atoms with van der Waals surface area (Å²) in [7, 11) is 0. The number of carbonyl (C=O) groups excluding carboxylic acids is 2. The van der Waals surface area contributed by atoms with Gasteiger partial charge in [0.2, 0.25) is 11.8 Å². The lowest BCUT2D eigenvalue weighted by Crippen LogP contribution is -2.50. The maximum absolute atomic E-state index is 11.6. The van der Waals surface area contributed by atoms with Gasteiger partial charge in [-0.15, -0.1) is 0 Å². The Bertz CT molecular complexity index is 483. The Morgan fingerprint density at radius 1 is 1.33 bits per heavy atom. The number of hydrogen-bond acceptors (Lipinski definition) is 3. The monoisotopic (exact) mass is 246 g/mol. The fraction of sp³-hybridized carbons (Fsp3) is 0.429. The standard InChI is InChI=1S/C14H18N2O2/c1-9-4-3-5-11(10(9)2)8-15-12-6-7-13(17)16-14(12)18/h3-5,12,15H,6-8H2,1-2H3,(H,16,17,18). The lowest BCUT2D eigenvalue weighted by Gasteiger charge is -2.22. The van der Waals surface area contributed by atoms with Crippen molar-refractivity contribution in [3.05, 3.63) is 34.9 Å². The van der Waals surface area contributed by atoms with E-state index >= 15 is 0 Å². The fourth-order valence-corrected chi connectivity index (χ4v) is 2.12. The van der Waals surface area contributed by atoms with Crippen molar-refractivity contribution in [3.8, 4) is 0 Å². The number of rotatable bonds is 3. The molecule has 18 heavy (non-hydrogen) atoms. The van der Waals surface area contributed by atoms with E-state index < -0.39 is 0 Å². The summed E-state index contributed by atoms with van der Waals surface area (Å²) in [5.41, 5.74) is 3.69. The van der Waals surface area contributed by atoms with Gasteiger partial charge >= 0.3 is 0 Å². The van der Waals surface area contributed by atoms with Gasteiger partial charge in [0.05, 0.1) is 6.04 Å². The summed E-state index contributed by atoms with van der Waals surface area (Å²) < 4.78 is 0. The summed E-state index contributed by atoms with van der Waals surface area (Å²) in [6, 6.07) is 5.89. The molecule has 1 aliphatic rings. The molecule has 2 amide bonds. The lowest BCUT2D eigenvalue weighted by atomic mass is 10.0. The largest absolute Gasteiger partial charge is 0.302 e. The number of hydrogen-bond donors (Lipinski definition) is 2. The summed E-state index contributed by atoms with van der Waals surface area (Å²) in [6.07, 6.45) is 0.992. The molecule has 1 atom stereocenters. The van der Waals surface area contributed by atoms with Gasteiger partial charge in [0.25, 0.3) is 0 Å². The minimum atomic E-state index is -0.261. The van der Waals surface area contributed by atoms with Gasteiger partial charge in [0.1, 0.15) is 0 Å². The van der Waals surface area contributed by atoms with Crippen LogP contribution >= 0.6 is 0 Å². The van der Waals surface area contributed by atoms with Crippen LogP contribution in [0.15, 0.2) is 18.2 Å². The van der Waals surface area contributed by atoms with Gasteiger partial charge in [-0.3, -0.25) is 14.9 Å². The molecule has 1 heterocycles. The fourth-order valence-electron chi connectivity index (χ4n) is 2.12. The number of benzene rings is 1. The highest BCUT2D eigenvalue weighted by atomic mass is 16.2. The average Bonchev–Trinajstić information content (AvgIpc) is 2.33. The maximum atomic E-state index is 11.6. The topological polar surface area (TPSA) is 58.2 Å². The third-order valence-corrected chi connectivity index (χ3v) is 3.49. The van der Waals surface area contributed by atoms with E-state index in [1.807, 2.05) is 6.07 Å². The second-order valence-electron chi connectivity index (χ2n) is 4.74. The van der Waals surface area contributed by atoms with E-state index in [1.165, 1.54) is 16.7 Å². The molecule has 96 valence electrons. The molecule has 0 spiro atoms. The molecule has 0 aliphatic carbocycles. The minimum absolute atomic E-state index is 0.176. The number of aryl methyl sites for hydroxylation is 1. The molecule has 2 N–H and O–H groups in total. The third-order valence-electron chi connectivity index (χ3n) is 3.49. The highest BCUT2D eigenvalue weighted by Gasteiger charge is 2.25. The van der Waals surface area contributed by atoms with E-state index in [2.05, 4.69) is 36.6 Å². The molecule has 2 rings (SSSR count). The van der Waals surface area contributed by atoms with Gasteiger partial charge in [-0.25, -0.2) is 0 Å². The van der Waals surface area contributed by atoms with E-state index in [-0.39, 0.29) is 17.9 Å². The predicted molar refractivity (Wildman–Crippen MR) is 68.9 cm³/mol. The first-order chi connectivity index (χ1) is 8.58. The van der Waals surface area contributed by atoms with Gasteiger partial charge in [-0.2, -0.15) is 0 Å². The number of carbonyl (C=O) groups is 2. The molecule has 0 saturated carbocycles. The van der Waals surface area contributed by atoms with Crippen molar-refractivity contribution in [2.24, 2.45) is 0 Å². The van der Waals surface area contributed by atoms with Crippen LogP contribution in [0.3, 0.4) is 0 Å². The molecule has 1 saturated heterocycles. The second-order valence-corrected chi connectivity index (χ2v) is 4.74. The second kappa shape index (κ2) is 5.31. The molecule has 1 aromatic carbocycles. The zero-order chi connectivity index (χ0) is 13.1. The summed E-state index contributed by atoms with van der Waals surface area (Å²) in [5.74, 6) is -0.388. The van der Waals surface area contributed by atoms with Gasteiger partial charge < -0.3 is 5.32 Å². The van der Waals surface area contributed by atoms with Crippen LogP contribution < -0.4 is 10.6 Å². The predicted octanol–water partition coefficient (Wildman–Crippen LogP) is 1.20. The first-order valence-electron chi connectivity index (χ1n) is 6.20. The number of amides is 2. The normalized spacial score (nSPS) is 19.8. The van der Waals surface area contributed by atoms with Crippen LogP contribution in [0.25, 0.3) is 0 Å². The molecule has 4 nitrogen and oxygen atoms in total. The van der Waals surface area contributed by atoms with Crippen LogP contribution in [0.4, 0.5) is 0 Å². The SMILES string of the molecule is Cc1cccc(CNC2CCC(=O)NC2=O)c1C. The Balaban J connectivity index is 1.97. The van der Waals surface area contributed by atoms with Gasteiger partial charge in [-0.1, -0.05) is 18.2 Å². The van der Waals surface area contributed by atoms with Crippen LogP contribution in [0, 0.1) is 13.8 Å². The molecule has 1 aliphatic heterocycles. The van der Waals surface area contributed by atoms with E-state index in [1.54, 1.807) is 0 Å². The van der Waals surface area contributed by atoms with Gasteiger partial charge in [-0.05, 0) is 37.0 Å². The zero-order valence-electron chi connectivity index (χ0n) is 10.7. The summed E-state index contributed by atoms with van der Waals surface area (Å²) in [6.45, 7) is 4.81. The molecule has 4 heteroatoms. The Morgan fingerprint density at radius 2 is 2.11 bits per heavy atom. The molecule has 1 fully saturated rings. The lowest BCUT2D eigenvalue weighted by molar-refractivity contribution is -0.134. The van der Waals surface area contributed by atoms with Crippen LogP contribution in [-0.2, 0) is 16.1 Å². The smallest absolute Gasteiger partial charge is 0.243 e. The number of nitrogens with one attached hydrogen (secondary N) is 2. The molecule has 0 bridgehead atoms. The van der Waals surface area contributed by atoms with E-state index in [9.17, 15) is 9.59 Å². The summed E-state index contributed by atoms with van der Waals surface area (Å²) >= 11 is 0. The van der Waals surface area contributed by atoms with E-state index in [0.29, 0.717) is 19.4 Å². The van der Waals surface area contributed by atoms with Crippen molar-refractivity contribution < 1.29 is 9.59 Å². The van der Waals surface area contributed by atoms with Crippen molar-refractivity contribution in [3.63, 3.8) is 0 Å². The third kappa shape index (κ3) is 2.76. The van der Waals surface area contributed by atoms with Crippen molar-refractivity contribution in [2.75, 3.05) is 0 Å². The quantitative estimate of drug-likeness (QED) is 0.788. The Kier molecular flexibility index (Phi) is 3.77. The Labute approximate surface area is 107 Å². The van der Waals surface area contributed by atoms with Crippen molar-refractivity contribution in [2.45, 2.75) is 39.3 Å². The summed E-state index contributed by atoms with van der Waals surface area (Å²) in [4.78, 5) is 22.6. The van der Waals surface area contributed by atoms with Gasteiger partial charge in [0, 0.05) is 13.0 Å². The average molecular weight is 246 g/mol. The van der Waals surface area contributed by atoms with E-state index in [0.717, 1.165) is 0 Å². The molecule has 0 aromatic heterocycles. The van der Waals surface area contributed by atoms with Crippen LogP contribution in [0.1, 0.15) is 29.5 Å². The summed E-state index contributed by atoms with van der Waals surface area (Å²) in [5, 5.41) is 5.56. The van der Waals surface area contributed by atoms with Crippen molar-refractivity contribution in [1.82, 2.24) is 10.6 Å². The first kappa shape index (κ1) is 12.8. The number of piperidine rings is 1. The number of imide groups is 1. The minimum Gasteiger partial charge on any atom is -0.302 e. The zero-order valence-corrected chi connectivity index (χ0v) is 10.7. The molecular formula is C14H18N2O2. The van der Waals surface area contributed by atoms with Crippen molar-refractivity contribution in [1.29, 1.82) is 0 Å². The van der Waals surface area contributed by atoms with Gasteiger partial charge in [0.15, 0.2) is 0 Å². The molecule has 1 aromatic rings. The highest BCUT2D eigenvalue weighted by Crippen LogP contribution is 2.13. The first-order valence-corrected chi connectivity index (χ1v) is 6.20. The van der Waals surface area contributed by atoms with Crippen molar-refractivity contribution >= 4 is 11.8 Å². The maximum Gasteiger partial charge on any atom is 0.243 e. The molecule has 1 unspecified atom stereocenters. The highest BCUT2D eigenvalue weighted by molar-refractivity contribution is 6.00.